The molecule has 0 heterocycles. The predicted molar refractivity (Wildman–Crippen MR) is 92.2 cm³/mol. The van der Waals surface area contributed by atoms with Crippen molar-refractivity contribution in [1.82, 2.24) is 5.32 Å². The normalized spacial score (nSPS) is 12.1. The molecule has 0 radical (unpaired) electrons. The van der Waals surface area contributed by atoms with E-state index in [9.17, 15) is 9.90 Å². The Morgan fingerprint density at radius 3 is 1.82 bits per heavy atom. The monoisotopic (exact) mass is 303 g/mol. The smallest absolute Gasteiger partial charge is 0.246 e. The molecule has 0 saturated heterocycles. The maximum atomic E-state index is 11.7. The zero-order valence-electron chi connectivity index (χ0n) is 14.9. The topological polar surface area (TPSA) is 49.3 Å². The molecule has 0 aliphatic rings. The molecule has 1 aromatic carbocycles. The number of benzene rings is 1. The van der Waals surface area contributed by atoms with Crippen LogP contribution in [-0.2, 0) is 22.2 Å². The first-order valence-corrected chi connectivity index (χ1v) is 7.64. The van der Waals surface area contributed by atoms with E-state index in [1.165, 1.54) is 0 Å². The van der Waals surface area contributed by atoms with Gasteiger partial charge in [0.1, 0.15) is 5.75 Å². The van der Waals surface area contributed by atoms with Crippen molar-refractivity contribution in [3.63, 3.8) is 0 Å². The first-order valence-electron chi connectivity index (χ1n) is 7.64. The van der Waals surface area contributed by atoms with Gasteiger partial charge in [-0.1, -0.05) is 48.1 Å². The van der Waals surface area contributed by atoms with Gasteiger partial charge in [0.05, 0.1) is 0 Å². The lowest BCUT2D eigenvalue weighted by atomic mass is 9.78. The Morgan fingerprint density at radius 2 is 1.50 bits per heavy atom. The van der Waals surface area contributed by atoms with Gasteiger partial charge < -0.3 is 10.4 Å². The van der Waals surface area contributed by atoms with Crippen LogP contribution in [0.5, 0.6) is 5.75 Å². The van der Waals surface area contributed by atoms with Crippen molar-refractivity contribution in [3.8, 4) is 5.75 Å². The molecule has 122 valence electrons. The van der Waals surface area contributed by atoms with E-state index in [0.29, 0.717) is 17.9 Å². The van der Waals surface area contributed by atoms with E-state index in [4.69, 9.17) is 0 Å². The molecule has 0 atom stereocenters. The number of amides is 1. The molecule has 2 N–H and O–H groups in total. The second kappa shape index (κ2) is 6.15. The average Bonchev–Trinajstić information content (AvgIpc) is 2.33. The third-order valence-corrected chi connectivity index (χ3v) is 3.63. The second-order valence-electron chi connectivity index (χ2n) is 8.00. The highest BCUT2D eigenvalue weighted by Gasteiger charge is 2.26. The lowest BCUT2D eigenvalue weighted by molar-refractivity contribution is -0.117. The van der Waals surface area contributed by atoms with Crippen molar-refractivity contribution < 1.29 is 9.90 Å². The van der Waals surface area contributed by atoms with Crippen LogP contribution in [-0.4, -0.2) is 11.0 Å². The Labute approximate surface area is 134 Å². The molecule has 0 saturated carbocycles. The van der Waals surface area contributed by atoms with Crippen LogP contribution < -0.4 is 5.32 Å². The van der Waals surface area contributed by atoms with E-state index >= 15 is 0 Å². The first kappa shape index (κ1) is 18.3. The molecule has 0 aromatic heterocycles. The third kappa shape index (κ3) is 4.36. The van der Waals surface area contributed by atoms with Crippen molar-refractivity contribution >= 4 is 5.91 Å². The summed E-state index contributed by atoms with van der Waals surface area (Å²) in [6.07, 6.45) is 0. The van der Waals surface area contributed by atoms with Gasteiger partial charge in [-0.05, 0) is 46.6 Å². The molecular weight excluding hydrogens is 274 g/mol. The van der Waals surface area contributed by atoms with Crippen molar-refractivity contribution in [2.45, 2.75) is 65.8 Å². The minimum atomic E-state index is -0.168. The molecular formula is C19H29NO2. The molecule has 0 aliphatic heterocycles. The molecule has 0 bridgehead atoms. The minimum absolute atomic E-state index is 0.150. The van der Waals surface area contributed by atoms with Crippen LogP contribution in [0.1, 0.15) is 65.2 Å². The van der Waals surface area contributed by atoms with Gasteiger partial charge >= 0.3 is 0 Å². The zero-order valence-corrected chi connectivity index (χ0v) is 14.9. The summed E-state index contributed by atoms with van der Waals surface area (Å²) in [5, 5.41) is 13.5. The number of aromatic hydroxyl groups is 1. The van der Waals surface area contributed by atoms with E-state index in [-0.39, 0.29) is 16.7 Å². The fraction of sp³-hybridized carbons (Fsp3) is 0.526. The highest BCUT2D eigenvalue weighted by atomic mass is 16.3. The standard InChI is InChI=1S/C19H29NO2/c1-12(2)17(22)20-11-13-9-14(18(3,4)5)16(21)15(10-13)19(6,7)8/h9-10,21H,1,11H2,2-8H3,(H,20,22). The number of rotatable bonds is 3. The summed E-state index contributed by atoms with van der Waals surface area (Å²) >= 11 is 0. The zero-order chi connectivity index (χ0) is 17.3. The number of carbonyl (C=O) groups is 1. The van der Waals surface area contributed by atoms with Crippen LogP contribution in [0.4, 0.5) is 0 Å². The largest absolute Gasteiger partial charge is 0.507 e. The van der Waals surface area contributed by atoms with Gasteiger partial charge in [0.25, 0.3) is 0 Å². The maximum absolute atomic E-state index is 11.7. The van der Waals surface area contributed by atoms with Gasteiger partial charge in [-0.3, -0.25) is 4.79 Å². The van der Waals surface area contributed by atoms with Gasteiger partial charge in [-0.15, -0.1) is 0 Å². The number of phenolic OH excluding ortho intramolecular Hbond substituents is 1. The quantitative estimate of drug-likeness (QED) is 0.823. The minimum Gasteiger partial charge on any atom is -0.507 e. The van der Waals surface area contributed by atoms with Crippen molar-refractivity contribution in [3.05, 3.63) is 41.0 Å². The van der Waals surface area contributed by atoms with Crippen LogP contribution in [0.15, 0.2) is 24.3 Å². The fourth-order valence-electron chi connectivity index (χ4n) is 2.27. The third-order valence-electron chi connectivity index (χ3n) is 3.63. The highest BCUT2D eigenvalue weighted by molar-refractivity contribution is 5.92. The number of hydrogen-bond donors (Lipinski definition) is 2. The molecule has 1 rings (SSSR count). The molecule has 3 heteroatoms. The van der Waals surface area contributed by atoms with E-state index in [0.717, 1.165) is 16.7 Å². The van der Waals surface area contributed by atoms with E-state index < -0.39 is 0 Å². The van der Waals surface area contributed by atoms with E-state index in [1.807, 2.05) is 12.1 Å². The second-order valence-corrected chi connectivity index (χ2v) is 8.00. The van der Waals surface area contributed by atoms with E-state index in [1.54, 1.807) is 6.92 Å². The molecule has 0 unspecified atom stereocenters. The summed E-state index contributed by atoms with van der Waals surface area (Å²) in [6, 6.07) is 3.95. The summed E-state index contributed by atoms with van der Waals surface area (Å²) in [5.74, 6) is 0.206. The van der Waals surface area contributed by atoms with Gasteiger partial charge in [-0.2, -0.15) is 0 Å². The molecule has 1 aromatic rings. The summed E-state index contributed by atoms with van der Waals surface area (Å²) < 4.78 is 0. The summed E-state index contributed by atoms with van der Waals surface area (Å²) in [6.45, 7) is 18.2. The van der Waals surface area contributed by atoms with Crippen molar-refractivity contribution in [2.75, 3.05) is 0 Å². The molecule has 1 amide bonds. The predicted octanol–water partition coefficient (Wildman–Crippen LogP) is 4.18. The Balaban J connectivity index is 3.30. The first-order chi connectivity index (χ1) is 9.84. The summed E-state index contributed by atoms with van der Waals surface area (Å²) in [7, 11) is 0. The van der Waals surface area contributed by atoms with Crippen LogP contribution >= 0.6 is 0 Å². The van der Waals surface area contributed by atoms with Gasteiger partial charge in [-0.25, -0.2) is 0 Å². The number of hydrogen-bond acceptors (Lipinski definition) is 2. The lowest BCUT2D eigenvalue weighted by Gasteiger charge is -2.28. The van der Waals surface area contributed by atoms with Crippen molar-refractivity contribution in [2.24, 2.45) is 0 Å². The van der Waals surface area contributed by atoms with Crippen LogP contribution in [0.25, 0.3) is 0 Å². The summed E-state index contributed by atoms with van der Waals surface area (Å²) in [5.41, 5.74) is 2.95. The Hall–Kier alpha value is -1.77. The summed E-state index contributed by atoms with van der Waals surface area (Å²) in [4.78, 5) is 11.7. The molecule has 0 aliphatic carbocycles. The number of nitrogens with one attached hydrogen (secondary N) is 1. The van der Waals surface area contributed by atoms with Gasteiger partial charge in [0.15, 0.2) is 0 Å². The molecule has 3 nitrogen and oxygen atoms in total. The lowest BCUT2D eigenvalue weighted by Crippen LogP contribution is -2.24. The SMILES string of the molecule is C=C(C)C(=O)NCc1cc(C(C)(C)C)c(O)c(C(C)(C)C)c1. The van der Waals surface area contributed by atoms with Crippen LogP contribution in [0, 0.1) is 0 Å². The molecule has 0 fully saturated rings. The molecule has 0 spiro atoms. The molecule has 22 heavy (non-hydrogen) atoms. The number of phenols is 1. The average molecular weight is 303 g/mol. The van der Waals surface area contributed by atoms with Crippen LogP contribution in [0.2, 0.25) is 0 Å². The number of carbonyl (C=O) groups excluding carboxylic acids is 1. The Bertz CT molecular complexity index is 551. The maximum Gasteiger partial charge on any atom is 0.246 e. The van der Waals surface area contributed by atoms with Gasteiger partial charge in [0.2, 0.25) is 5.91 Å². The van der Waals surface area contributed by atoms with Gasteiger partial charge in [0, 0.05) is 12.1 Å². The van der Waals surface area contributed by atoms with Crippen molar-refractivity contribution in [1.29, 1.82) is 0 Å². The van der Waals surface area contributed by atoms with E-state index in [2.05, 4.69) is 53.4 Å². The van der Waals surface area contributed by atoms with Crippen LogP contribution in [0.3, 0.4) is 0 Å². The fourth-order valence-corrected chi connectivity index (χ4v) is 2.27. The Morgan fingerprint density at radius 1 is 1.09 bits per heavy atom. The Kier molecular flexibility index (Phi) is 5.11. The highest BCUT2D eigenvalue weighted by Crippen LogP contribution is 2.39.